The molecule has 1 aliphatic carbocycles. The molecule has 3 unspecified atom stereocenters. The quantitative estimate of drug-likeness (QED) is 0.215. The van der Waals surface area contributed by atoms with E-state index in [4.69, 9.17) is 4.74 Å². The summed E-state index contributed by atoms with van der Waals surface area (Å²) in [7, 11) is 0. The number of para-hydroxylation sites is 1. The zero-order valence-electron chi connectivity index (χ0n) is 25.8. The first kappa shape index (κ1) is 30.7. The van der Waals surface area contributed by atoms with E-state index in [0.717, 1.165) is 24.8 Å². The van der Waals surface area contributed by atoms with Crippen LogP contribution in [0.4, 0.5) is 17.1 Å². The lowest BCUT2D eigenvalue weighted by molar-refractivity contribution is -0.112. The summed E-state index contributed by atoms with van der Waals surface area (Å²) in [6.07, 6.45) is 2.91. The number of nitrogens with zero attached hydrogens (tertiary/aromatic N) is 3. The molecule has 9 nitrogen and oxygen atoms in total. The van der Waals surface area contributed by atoms with Crippen molar-refractivity contribution in [2.45, 2.75) is 60.0 Å². The van der Waals surface area contributed by atoms with Crippen LogP contribution < -0.4 is 15.8 Å². The van der Waals surface area contributed by atoms with Crippen LogP contribution in [-0.4, -0.2) is 35.3 Å². The van der Waals surface area contributed by atoms with Gasteiger partial charge in [0.15, 0.2) is 5.71 Å². The van der Waals surface area contributed by atoms with Crippen LogP contribution in [0, 0.1) is 24.7 Å². The summed E-state index contributed by atoms with van der Waals surface area (Å²) in [4.78, 5) is 39.3. The number of aryl methyl sites for hydroxylation is 1. The number of carbonyl (C=O) groups excluding carboxylic acids is 3. The lowest BCUT2D eigenvalue weighted by atomic mass is 9.75. The number of benzene rings is 3. The van der Waals surface area contributed by atoms with Gasteiger partial charge in [-0.15, -0.1) is 0 Å². The smallest absolute Gasteiger partial charge is 0.340 e. The number of carbonyl (C=O) groups is 3. The van der Waals surface area contributed by atoms with E-state index in [2.05, 4.69) is 41.7 Å². The Bertz CT molecular complexity index is 1590. The van der Waals surface area contributed by atoms with Crippen LogP contribution in [0.25, 0.3) is 0 Å². The molecule has 1 heterocycles. The highest BCUT2D eigenvalue weighted by Gasteiger charge is 2.34. The van der Waals surface area contributed by atoms with Crippen LogP contribution in [0.5, 0.6) is 0 Å². The topological polar surface area (TPSA) is 112 Å². The van der Waals surface area contributed by atoms with Crippen molar-refractivity contribution in [3.63, 3.8) is 0 Å². The van der Waals surface area contributed by atoms with Gasteiger partial charge in [-0.25, -0.2) is 4.79 Å². The Morgan fingerprint density at radius 3 is 2.39 bits per heavy atom. The number of hydrazone groups is 2. The van der Waals surface area contributed by atoms with Crippen molar-refractivity contribution < 1.29 is 19.1 Å². The van der Waals surface area contributed by atoms with Gasteiger partial charge in [-0.3, -0.25) is 15.0 Å². The van der Waals surface area contributed by atoms with Crippen LogP contribution in [0.15, 0.2) is 83.0 Å². The molecule has 9 heteroatoms. The highest BCUT2D eigenvalue weighted by atomic mass is 16.5. The number of nitrogens with one attached hydrogen (secondary N) is 2. The average Bonchev–Trinajstić information content (AvgIpc) is 3.29. The molecule has 5 rings (SSSR count). The van der Waals surface area contributed by atoms with E-state index in [1.807, 2.05) is 31.2 Å². The molecule has 0 saturated heterocycles. The van der Waals surface area contributed by atoms with Gasteiger partial charge >= 0.3 is 11.9 Å². The van der Waals surface area contributed by atoms with Gasteiger partial charge in [0.2, 0.25) is 0 Å². The van der Waals surface area contributed by atoms with Gasteiger partial charge < -0.3 is 10.1 Å². The molecule has 44 heavy (non-hydrogen) atoms. The number of hydrogen-bond donors (Lipinski definition) is 2. The van der Waals surface area contributed by atoms with Crippen LogP contribution in [0.3, 0.4) is 0 Å². The van der Waals surface area contributed by atoms with E-state index in [9.17, 15) is 14.4 Å². The molecular weight excluding hydrogens is 554 g/mol. The van der Waals surface area contributed by atoms with Gasteiger partial charge in [0, 0.05) is 11.3 Å². The highest BCUT2D eigenvalue weighted by Crippen LogP contribution is 2.36. The molecular formula is C35H39N5O4. The predicted octanol–water partition coefficient (Wildman–Crippen LogP) is 7.06. The van der Waals surface area contributed by atoms with Crippen molar-refractivity contribution in [2.75, 3.05) is 15.8 Å². The minimum absolute atomic E-state index is 0.121. The summed E-state index contributed by atoms with van der Waals surface area (Å²) in [6, 6.07) is 21.1. The number of amides is 2. The van der Waals surface area contributed by atoms with Crippen LogP contribution >= 0.6 is 0 Å². The van der Waals surface area contributed by atoms with Gasteiger partial charge in [-0.2, -0.15) is 15.2 Å². The zero-order chi connectivity index (χ0) is 31.4. The summed E-state index contributed by atoms with van der Waals surface area (Å²) in [5.74, 6) is 0.165. The Hall–Kier alpha value is -4.79. The summed E-state index contributed by atoms with van der Waals surface area (Å²) < 4.78 is 6.06. The molecule has 3 aromatic rings. The maximum Gasteiger partial charge on any atom is 0.340 e. The molecule has 2 aliphatic rings. The summed E-state index contributed by atoms with van der Waals surface area (Å²) in [5.41, 5.74) is 6.99. The zero-order valence-corrected chi connectivity index (χ0v) is 25.8. The van der Waals surface area contributed by atoms with Crippen molar-refractivity contribution in [1.29, 1.82) is 0 Å². The largest absolute Gasteiger partial charge is 0.458 e. The average molecular weight is 594 g/mol. The van der Waals surface area contributed by atoms with Gasteiger partial charge in [-0.1, -0.05) is 57.0 Å². The fraction of sp³-hybridized carbons (Fsp3) is 0.343. The standard InChI is InChI=1S/C35H39N5O4/c1-21(2)28-19-12-23(4)20-31(28)44-35(43)29-8-6-7-9-30(29)37-38-32-24(5)39-40(34(32)42)27-17-13-25(14-18-27)33(41)36-26-15-10-22(3)11-16-26/h6-11,13-18,21,23,28,31,37H,12,19-20H2,1-5H3,(H,36,41)/b38-32-. The first-order valence-corrected chi connectivity index (χ1v) is 15.1. The van der Waals surface area contributed by atoms with E-state index < -0.39 is 11.9 Å². The molecule has 0 bridgehead atoms. The minimum Gasteiger partial charge on any atom is -0.458 e. The van der Waals surface area contributed by atoms with Crippen molar-refractivity contribution in [1.82, 2.24) is 0 Å². The third-order valence-corrected chi connectivity index (χ3v) is 8.33. The lowest BCUT2D eigenvalue weighted by Gasteiger charge is -2.36. The van der Waals surface area contributed by atoms with Gasteiger partial charge in [0.05, 0.1) is 22.6 Å². The molecule has 0 radical (unpaired) electrons. The monoisotopic (exact) mass is 593 g/mol. The second-order valence-electron chi connectivity index (χ2n) is 12.1. The second kappa shape index (κ2) is 13.2. The van der Waals surface area contributed by atoms with Crippen molar-refractivity contribution in [3.8, 4) is 0 Å². The van der Waals surface area contributed by atoms with E-state index in [1.54, 1.807) is 55.5 Å². The molecule has 3 atom stereocenters. The molecule has 2 amide bonds. The third kappa shape index (κ3) is 6.88. The summed E-state index contributed by atoms with van der Waals surface area (Å²) >= 11 is 0. The molecule has 1 aliphatic heterocycles. The fourth-order valence-corrected chi connectivity index (χ4v) is 5.72. The fourth-order valence-electron chi connectivity index (χ4n) is 5.72. The lowest BCUT2D eigenvalue weighted by Crippen LogP contribution is -2.36. The van der Waals surface area contributed by atoms with Crippen LogP contribution in [-0.2, 0) is 9.53 Å². The van der Waals surface area contributed by atoms with Gasteiger partial charge in [-0.05, 0) is 93.0 Å². The highest BCUT2D eigenvalue weighted by molar-refractivity contribution is 6.71. The first-order chi connectivity index (χ1) is 21.1. The number of esters is 1. The maximum atomic E-state index is 13.3. The molecule has 1 saturated carbocycles. The van der Waals surface area contributed by atoms with E-state index in [0.29, 0.717) is 51.7 Å². The number of rotatable bonds is 8. The molecule has 2 N–H and O–H groups in total. The Morgan fingerprint density at radius 1 is 0.977 bits per heavy atom. The Morgan fingerprint density at radius 2 is 1.68 bits per heavy atom. The van der Waals surface area contributed by atoms with Crippen molar-refractivity contribution in [3.05, 3.63) is 89.5 Å². The summed E-state index contributed by atoms with van der Waals surface area (Å²) in [6.45, 7) is 10.2. The van der Waals surface area contributed by atoms with E-state index in [1.165, 1.54) is 5.01 Å². The third-order valence-electron chi connectivity index (χ3n) is 8.33. The Labute approximate surface area is 258 Å². The minimum atomic E-state index is -0.428. The first-order valence-electron chi connectivity index (χ1n) is 15.1. The van der Waals surface area contributed by atoms with Crippen LogP contribution in [0.1, 0.15) is 73.2 Å². The Balaban J connectivity index is 1.26. The molecule has 0 aromatic heterocycles. The predicted molar refractivity (Wildman–Crippen MR) is 174 cm³/mol. The van der Waals surface area contributed by atoms with Gasteiger partial charge in [0.1, 0.15) is 6.10 Å². The molecule has 228 valence electrons. The van der Waals surface area contributed by atoms with Gasteiger partial charge in [0.25, 0.3) is 5.91 Å². The SMILES string of the molecule is CC1=NN(c2ccc(C(=O)Nc3ccc(C)cc3)cc2)C(=O)/C1=N\Nc1ccccc1C(=O)OC1CC(C)CCC1C(C)C. The van der Waals surface area contributed by atoms with Crippen molar-refractivity contribution in [2.24, 2.45) is 28.0 Å². The van der Waals surface area contributed by atoms with Crippen LogP contribution in [0.2, 0.25) is 0 Å². The molecule has 0 spiro atoms. The number of ether oxygens (including phenoxy) is 1. The molecule has 3 aromatic carbocycles. The van der Waals surface area contributed by atoms with Crippen molar-refractivity contribution >= 4 is 46.3 Å². The Kier molecular flexibility index (Phi) is 9.23. The van der Waals surface area contributed by atoms with E-state index in [-0.39, 0.29) is 17.7 Å². The van der Waals surface area contributed by atoms with E-state index >= 15 is 0 Å². The molecule has 1 fully saturated rings. The summed E-state index contributed by atoms with van der Waals surface area (Å²) in [5, 5.41) is 12.8. The normalized spacial score (nSPS) is 20.9. The second-order valence-corrected chi connectivity index (χ2v) is 12.1. The number of hydrogen-bond acceptors (Lipinski definition) is 7. The number of anilines is 3. The maximum absolute atomic E-state index is 13.3.